The average molecular weight is 253 g/mol. The van der Waals surface area contributed by atoms with Crippen molar-refractivity contribution in [1.82, 2.24) is 0 Å². The van der Waals surface area contributed by atoms with E-state index in [1.54, 1.807) is 25.1 Å². The lowest BCUT2D eigenvalue weighted by Gasteiger charge is -2.08. The number of carbonyl (C=O) groups excluding carboxylic acids is 1. The molecule has 17 heavy (non-hydrogen) atoms. The van der Waals surface area contributed by atoms with Gasteiger partial charge in [-0.05, 0) is 25.1 Å². The van der Waals surface area contributed by atoms with Crippen LogP contribution in [0.15, 0.2) is 18.2 Å². The summed E-state index contributed by atoms with van der Waals surface area (Å²) in [5.74, 6) is -0.246. The predicted octanol–water partition coefficient (Wildman–Crippen LogP) is 2.58. The van der Waals surface area contributed by atoms with Crippen LogP contribution in [-0.2, 0) is 9.53 Å². The molecular formula is C12H13ClN2O2. The Morgan fingerprint density at radius 3 is 2.94 bits per heavy atom. The first-order valence-corrected chi connectivity index (χ1v) is 5.64. The highest BCUT2D eigenvalue weighted by molar-refractivity contribution is 6.33. The predicted molar refractivity (Wildman–Crippen MR) is 65.9 cm³/mol. The number of hydrogen-bond donors (Lipinski definition) is 1. The van der Waals surface area contributed by atoms with Gasteiger partial charge < -0.3 is 10.1 Å². The van der Waals surface area contributed by atoms with E-state index in [1.807, 2.05) is 6.07 Å². The second-order valence-electron chi connectivity index (χ2n) is 3.29. The van der Waals surface area contributed by atoms with Crippen LogP contribution in [0, 0.1) is 11.3 Å². The van der Waals surface area contributed by atoms with Crippen molar-refractivity contribution in [1.29, 1.82) is 5.26 Å². The molecule has 0 fully saturated rings. The number of rotatable bonds is 5. The number of nitrogens with one attached hydrogen (secondary N) is 1. The van der Waals surface area contributed by atoms with E-state index >= 15 is 0 Å². The number of halogens is 1. The summed E-state index contributed by atoms with van der Waals surface area (Å²) in [5, 5.41) is 12.1. The second kappa shape index (κ2) is 6.77. The fourth-order valence-electron chi connectivity index (χ4n) is 1.26. The molecule has 4 nitrogen and oxygen atoms in total. The molecule has 0 heterocycles. The van der Waals surface area contributed by atoms with Gasteiger partial charge in [0.05, 0.1) is 35.4 Å². The zero-order valence-corrected chi connectivity index (χ0v) is 10.3. The molecule has 90 valence electrons. The Bertz CT molecular complexity index is 441. The fraction of sp³-hybridized carbons (Fsp3) is 0.333. The molecule has 0 saturated carbocycles. The van der Waals surface area contributed by atoms with Crippen molar-refractivity contribution in [3.63, 3.8) is 0 Å². The second-order valence-corrected chi connectivity index (χ2v) is 3.70. The number of ether oxygens (including phenoxy) is 1. The quantitative estimate of drug-likeness (QED) is 0.818. The Labute approximate surface area is 105 Å². The summed E-state index contributed by atoms with van der Waals surface area (Å²) in [4.78, 5) is 11.1. The topological polar surface area (TPSA) is 62.1 Å². The molecule has 0 atom stereocenters. The molecule has 1 aromatic carbocycles. The largest absolute Gasteiger partial charge is 0.466 e. The Kier molecular flexibility index (Phi) is 5.31. The number of esters is 1. The Hall–Kier alpha value is -1.73. The lowest BCUT2D eigenvalue weighted by Crippen LogP contribution is -2.11. The van der Waals surface area contributed by atoms with Gasteiger partial charge in [0.2, 0.25) is 0 Å². The molecule has 0 saturated heterocycles. The summed E-state index contributed by atoms with van der Waals surface area (Å²) < 4.78 is 4.79. The molecule has 0 bridgehead atoms. The molecule has 0 aromatic heterocycles. The van der Waals surface area contributed by atoms with Crippen LogP contribution in [-0.4, -0.2) is 19.1 Å². The van der Waals surface area contributed by atoms with E-state index in [1.165, 1.54) is 0 Å². The summed E-state index contributed by atoms with van der Waals surface area (Å²) in [7, 11) is 0. The van der Waals surface area contributed by atoms with Crippen molar-refractivity contribution < 1.29 is 9.53 Å². The number of benzene rings is 1. The first-order valence-electron chi connectivity index (χ1n) is 5.26. The Morgan fingerprint density at radius 1 is 1.59 bits per heavy atom. The molecule has 1 aromatic rings. The Morgan fingerprint density at radius 2 is 2.35 bits per heavy atom. The van der Waals surface area contributed by atoms with Crippen LogP contribution in [0.4, 0.5) is 5.69 Å². The zero-order valence-electron chi connectivity index (χ0n) is 9.50. The van der Waals surface area contributed by atoms with Crippen molar-refractivity contribution in [3.05, 3.63) is 28.8 Å². The third-order valence-corrected chi connectivity index (χ3v) is 2.36. The lowest BCUT2D eigenvalue weighted by molar-refractivity contribution is -0.142. The summed E-state index contributed by atoms with van der Waals surface area (Å²) in [6.45, 7) is 2.60. The average Bonchev–Trinajstić information content (AvgIpc) is 2.31. The van der Waals surface area contributed by atoms with Crippen molar-refractivity contribution in [3.8, 4) is 6.07 Å². The van der Waals surface area contributed by atoms with Gasteiger partial charge >= 0.3 is 5.97 Å². The van der Waals surface area contributed by atoms with Crippen molar-refractivity contribution in [2.75, 3.05) is 18.5 Å². The van der Waals surface area contributed by atoms with Gasteiger partial charge in [0.1, 0.15) is 0 Å². The van der Waals surface area contributed by atoms with Crippen LogP contribution in [0.1, 0.15) is 18.9 Å². The fourth-order valence-corrected chi connectivity index (χ4v) is 1.51. The highest BCUT2D eigenvalue weighted by Crippen LogP contribution is 2.22. The standard InChI is InChI=1S/C12H13ClN2O2/c1-2-17-12(16)5-6-15-11-4-3-9(8-14)7-10(11)13/h3-4,7,15H,2,5-6H2,1H3. The van der Waals surface area contributed by atoms with Crippen LogP contribution in [0.3, 0.4) is 0 Å². The van der Waals surface area contributed by atoms with E-state index in [2.05, 4.69) is 5.32 Å². The summed E-state index contributed by atoms with van der Waals surface area (Å²) in [6, 6.07) is 6.96. The van der Waals surface area contributed by atoms with E-state index in [4.69, 9.17) is 21.6 Å². The lowest BCUT2D eigenvalue weighted by atomic mass is 10.2. The van der Waals surface area contributed by atoms with Crippen molar-refractivity contribution in [2.45, 2.75) is 13.3 Å². The molecule has 0 radical (unpaired) electrons. The summed E-state index contributed by atoms with van der Waals surface area (Å²) in [5.41, 5.74) is 1.21. The molecule has 0 aliphatic heterocycles. The van der Waals surface area contributed by atoms with E-state index in [-0.39, 0.29) is 12.4 Å². The maximum atomic E-state index is 11.1. The molecule has 0 unspecified atom stereocenters. The van der Waals surface area contributed by atoms with Crippen molar-refractivity contribution >= 4 is 23.3 Å². The molecule has 0 spiro atoms. The zero-order chi connectivity index (χ0) is 12.7. The minimum Gasteiger partial charge on any atom is -0.466 e. The summed E-state index contributed by atoms with van der Waals surface area (Å²) >= 11 is 5.95. The van der Waals surface area contributed by atoms with Gasteiger partial charge in [-0.15, -0.1) is 0 Å². The van der Waals surface area contributed by atoms with E-state index < -0.39 is 0 Å². The third-order valence-electron chi connectivity index (χ3n) is 2.05. The summed E-state index contributed by atoms with van der Waals surface area (Å²) in [6.07, 6.45) is 0.282. The van der Waals surface area contributed by atoms with Gasteiger partial charge in [-0.25, -0.2) is 0 Å². The molecule has 1 rings (SSSR count). The first-order chi connectivity index (χ1) is 8.17. The van der Waals surface area contributed by atoms with Gasteiger partial charge in [0.15, 0.2) is 0 Å². The highest BCUT2D eigenvalue weighted by atomic mass is 35.5. The van der Waals surface area contributed by atoms with Gasteiger partial charge in [-0.1, -0.05) is 11.6 Å². The van der Waals surface area contributed by atoms with E-state index in [0.717, 1.165) is 0 Å². The first kappa shape index (κ1) is 13.3. The highest BCUT2D eigenvalue weighted by Gasteiger charge is 2.04. The van der Waals surface area contributed by atoms with Crippen LogP contribution >= 0.6 is 11.6 Å². The molecule has 0 aliphatic rings. The number of nitrogens with zero attached hydrogens (tertiary/aromatic N) is 1. The smallest absolute Gasteiger partial charge is 0.307 e. The van der Waals surface area contributed by atoms with Crippen LogP contribution < -0.4 is 5.32 Å². The molecule has 0 amide bonds. The minimum atomic E-state index is -0.246. The molecular weight excluding hydrogens is 240 g/mol. The number of anilines is 1. The van der Waals surface area contributed by atoms with Gasteiger partial charge in [0.25, 0.3) is 0 Å². The van der Waals surface area contributed by atoms with E-state index in [9.17, 15) is 4.79 Å². The van der Waals surface area contributed by atoms with Crippen LogP contribution in [0.5, 0.6) is 0 Å². The SMILES string of the molecule is CCOC(=O)CCNc1ccc(C#N)cc1Cl. The number of carbonyl (C=O) groups is 1. The van der Waals surface area contributed by atoms with Gasteiger partial charge in [-0.3, -0.25) is 4.79 Å². The Balaban J connectivity index is 2.47. The minimum absolute atomic E-state index is 0.246. The maximum Gasteiger partial charge on any atom is 0.307 e. The van der Waals surface area contributed by atoms with Crippen LogP contribution in [0.2, 0.25) is 5.02 Å². The van der Waals surface area contributed by atoms with Crippen molar-refractivity contribution in [2.24, 2.45) is 0 Å². The number of nitriles is 1. The maximum absolute atomic E-state index is 11.1. The third kappa shape index (κ3) is 4.33. The van der Waals surface area contributed by atoms with Gasteiger partial charge in [-0.2, -0.15) is 5.26 Å². The number of hydrogen-bond acceptors (Lipinski definition) is 4. The van der Waals surface area contributed by atoms with E-state index in [0.29, 0.717) is 29.4 Å². The normalized spacial score (nSPS) is 9.47. The molecule has 0 aliphatic carbocycles. The van der Waals surface area contributed by atoms with Crippen LogP contribution in [0.25, 0.3) is 0 Å². The monoisotopic (exact) mass is 252 g/mol. The molecule has 5 heteroatoms. The molecule has 1 N–H and O–H groups in total. The van der Waals surface area contributed by atoms with Gasteiger partial charge in [0, 0.05) is 6.54 Å².